The molecule has 2 aromatic rings. The van der Waals surface area contributed by atoms with E-state index in [1.807, 2.05) is 43.4 Å². The van der Waals surface area contributed by atoms with E-state index in [0.29, 0.717) is 0 Å². The lowest BCUT2D eigenvalue weighted by atomic mass is 10.3. The molecular weight excluding hydrogens is 238 g/mol. The van der Waals surface area contributed by atoms with Crippen LogP contribution in [0.15, 0.2) is 58.3 Å². The van der Waals surface area contributed by atoms with Gasteiger partial charge in [-0.15, -0.1) is 0 Å². The molecule has 0 spiro atoms. The van der Waals surface area contributed by atoms with Gasteiger partial charge in [0.15, 0.2) is 0 Å². The monoisotopic (exact) mass is 249 g/mol. The predicted molar refractivity (Wildman–Crippen MR) is 71.6 cm³/mol. The first-order valence-corrected chi connectivity index (χ1v) is 6.19. The Labute approximate surface area is 105 Å². The minimum Gasteiger partial charge on any atom is -0.387 e. The minimum absolute atomic E-state index is 0.752. The van der Waals surface area contributed by atoms with Crippen LogP contribution in [-0.4, -0.2) is 7.05 Å². The van der Waals surface area contributed by atoms with E-state index in [1.165, 1.54) is 9.79 Å². The summed E-state index contributed by atoms with van der Waals surface area (Å²) in [5, 5.41) is 3.90. The Kier molecular flexibility index (Phi) is 3.75. The second kappa shape index (κ2) is 5.28. The molecule has 0 saturated carbocycles. The Hall–Kier alpha value is -1.12. The number of nitrogens with one attached hydrogen (secondary N) is 1. The largest absolute Gasteiger partial charge is 0.387 e. The third kappa shape index (κ3) is 2.71. The van der Waals surface area contributed by atoms with Crippen LogP contribution in [0.5, 0.6) is 0 Å². The lowest BCUT2D eigenvalue weighted by Gasteiger charge is -2.08. The van der Waals surface area contributed by atoms with Crippen LogP contribution in [0.25, 0.3) is 0 Å². The van der Waals surface area contributed by atoms with Gasteiger partial charge in [0.25, 0.3) is 0 Å². The molecular formula is C13H12ClNS. The molecule has 0 unspecified atom stereocenters. The van der Waals surface area contributed by atoms with E-state index in [1.54, 1.807) is 11.8 Å². The Balaban J connectivity index is 2.28. The van der Waals surface area contributed by atoms with E-state index in [-0.39, 0.29) is 0 Å². The Morgan fingerprint density at radius 2 is 1.81 bits per heavy atom. The molecule has 0 aliphatic heterocycles. The number of hydrogen-bond donors (Lipinski definition) is 1. The normalized spacial score (nSPS) is 10.1. The van der Waals surface area contributed by atoms with E-state index in [4.69, 9.17) is 11.6 Å². The fraction of sp³-hybridized carbons (Fsp3) is 0.0769. The van der Waals surface area contributed by atoms with E-state index in [9.17, 15) is 0 Å². The van der Waals surface area contributed by atoms with Crippen molar-refractivity contribution >= 4 is 29.1 Å². The first-order valence-electron chi connectivity index (χ1n) is 5.00. The van der Waals surface area contributed by atoms with Crippen LogP contribution >= 0.6 is 23.4 Å². The third-order valence-electron chi connectivity index (χ3n) is 2.18. The molecule has 16 heavy (non-hydrogen) atoms. The molecule has 0 aliphatic carbocycles. The zero-order chi connectivity index (χ0) is 11.4. The Bertz CT molecular complexity index is 471. The van der Waals surface area contributed by atoms with Crippen LogP contribution in [0.2, 0.25) is 5.02 Å². The summed E-state index contributed by atoms with van der Waals surface area (Å²) in [5.74, 6) is 0. The molecule has 0 fully saturated rings. The van der Waals surface area contributed by atoms with Crippen molar-refractivity contribution in [3.8, 4) is 0 Å². The first kappa shape index (κ1) is 11.4. The van der Waals surface area contributed by atoms with Crippen molar-refractivity contribution in [2.75, 3.05) is 12.4 Å². The highest BCUT2D eigenvalue weighted by Gasteiger charge is 2.03. The number of halogens is 1. The summed E-state index contributed by atoms with van der Waals surface area (Å²) in [6, 6.07) is 16.2. The summed E-state index contributed by atoms with van der Waals surface area (Å²) in [6.07, 6.45) is 0. The average Bonchev–Trinajstić information content (AvgIpc) is 2.33. The number of anilines is 1. The molecule has 0 aromatic heterocycles. The van der Waals surface area contributed by atoms with Crippen LogP contribution in [0.4, 0.5) is 5.69 Å². The topological polar surface area (TPSA) is 12.0 Å². The highest BCUT2D eigenvalue weighted by molar-refractivity contribution is 7.99. The summed E-state index contributed by atoms with van der Waals surface area (Å²) in [6.45, 7) is 0. The maximum Gasteiger partial charge on any atom is 0.0494 e. The van der Waals surface area contributed by atoms with Crippen LogP contribution in [0.3, 0.4) is 0 Å². The maximum atomic E-state index is 5.95. The number of benzene rings is 2. The van der Waals surface area contributed by atoms with Crippen LogP contribution < -0.4 is 5.32 Å². The van der Waals surface area contributed by atoms with Crippen molar-refractivity contribution in [3.05, 3.63) is 53.6 Å². The van der Waals surface area contributed by atoms with Gasteiger partial charge < -0.3 is 5.32 Å². The quantitative estimate of drug-likeness (QED) is 0.858. The molecule has 0 bridgehead atoms. The fourth-order valence-electron chi connectivity index (χ4n) is 1.40. The molecule has 0 heterocycles. The van der Waals surface area contributed by atoms with Crippen molar-refractivity contribution in [1.29, 1.82) is 0 Å². The summed E-state index contributed by atoms with van der Waals surface area (Å²) in [5.41, 5.74) is 1.06. The molecule has 0 atom stereocenters. The number of rotatable bonds is 3. The lowest BCUT2D eigenvalue weighted by Crippen LogP contribution is -1.90. The third-order valence-corrected chi connectivity index (χ3v) is 3.50. The smallest absolute Gasteiger partial charge is 0.0494 e. The highest BCUT2D eigenvalue weighted by atomic mass is 35.5. The second-order valence-corrected chi connectivity index (χ2v) is 4.86. The SMILES string of the molecule is CNc1cc(Cl)ccc1Sc1ccccc1. The van der Waals surface area contributed by atoms with Gasteiger partial charge in [-0.25, -0.2) is 0 Å². The molecule has 2 aromatic carbocycles. The van der Waals surface area contributed by atoms with E-state index < -0.39 is 0 Å². The fourth-order valence-corrected chi connectivity index (χ4v) is 2.53. The van der Waals surface area contributed by atoms with Gasteiger partial charge in [0.1, 0.15) is 0 Å². The summed E-state index contributed by atoms with van der Waals surface area (Å²) in [4.78, 5) is 2.40. The van der Waals surface area contributed by atoms with E-state index >= 15 is 0 Å². The van der Waals surface area contributed by atoms with Crippen LogP contribution in [-0.2, 0) is 0 Å². The van der Waals surface area contributed by atoms with Gasteiger partial charge in [-0.2, -0.15) is 0 Å². The molecule has 2 rings (SSSR count). The molecule has 1 nitrogen and oxygen atoms in total. The van der Waals surface area contributed by atoms with Crippen LogP contribution in [0.1, 0.15) is 0 Å². The van der Waals surface area contributed by atoms with Gasteiger partial charge >= 0.3 is 0 Å². The summed E-state index contributed by atoms with van der Waals surface area (Å²) < 4.78 is 0. The zero-order valence-corrected chi connectivity index (χ0v) is 10.5. The van der Waals surface area contributed by atoms with E-state index in [0.717, 1.165) is 10.7 Å². The summed E-state index contributed by atoms with van der Waals surface area (Å²) >= 11 is 7.68. The Morgan fingerprint density at radius 3 is 2.50 bits per heavy atom. The molecule has 3 heteroatoms. The predicted octanol–water partition coefficient (Wildman–Crippen LogP) is 4.53. The highest BCUT2D eigenvalue weighted by Crippen LogP contribution is 2.34. The van der Waals surface area contributed by atoms with Gasteiger partial charge in [0, 0.05) is 27.5 Å². The molecule has 0 amide bonds. The summed E-state index contributed by atoms with van der Waals surface area (Å²) in [7, 11) is 1.90. The van der Waals surface area contributed by atoms with Gasteiger partial charge in [-0.05, 0) is 30.3 Å². The molecule has 0 aliphatic rings. The number of hydrogen-bond acceptors (Lipinski definition) is 2. The van der Waals surface area contributed by atoms with Gasteiger partial charge in [-0.1, -0.05) is 41.6 Å². The first-order chi connectivity index (χ1) is 7.79. The second-order valence-electron chi connectivity index (χ2n) is 3.31. The average molecular weight is 250 g/mol. The minimum atomic E-state index is 0.752. The maximum absolute atomic E-state index is 5.95. The Morgan fingerprint density at radius 1 is 1.06 bits per heavy atom. The van der Waals surface area contributed by atoms with Gasteiger partial charge in [-0.3, -0.25) is 0 Å². The van der Waals surface area contributed by atoms with Gasteiger partial charge in [0.2, 0.25) is 0 Å². The van der Waals surface area contributed by atoms with Crippen molar-refractivity contribution in [2.24, 2.45) is 0 Å². The van der Waals surface area contributed by atoms with Crippen molar-refractivity contribution in [3.63, 3.8) is 0 Å². The van der Waals surface area contributed by atoms with Gasteiger partial charge in [0.05, 0.1) is 0 Å². The molecule has 0 radical (unpaired) electrons. The standard InChI is InChI=1S/C13H12ClNS/c1-15-12-9-10(14)7-8-13(12)16-11-5-3-2-4-6-11/h2-9,15H,1H3. The van der Waals surface area contributed by atoms with Crippen LogP contribution in [0, 0.1) is 0 Å². The molecule has 82 valence electrons. The van der Waals surface area contributed by atoms with Crippen molar-refractivity contribution in [2.45, 2.75) is 9.79 Å². The lowest BCUT2D eigenvalue weighted by molar-refractivity contribution is 1.36. The van der Waals surface area contributed by atoms with E-state index in [2.05, 4.69) is 17.4 Å². The molecule has 1 N–H and O–H groups in total. The molecule has 0 saturated heterocycles. The van der Waals surface area contributed by atoms with Crippen molar-refractivity contribution < 1.29 is 0 Å². The van der Waals surface area contributed by atoms with Crippen molar-refractivity contribution in [1.82, 2.24) is 0 Å². The zero-order valence-electron chi connectivity index (χ0n) is 8.91.